The maximum Gasteiger partial charge on any atom is 0.170 e. The van der Waals surface area contributed by atoms with Crippen LogP contribution < -0.4 is 15.4 Å². The van der Waals surface area contributed by atoms with Crippen molar-refractivity contribution in [2.45, 2.75) is 6.42 Å². The molecule has 2 aromatic rings. The standard InChI is InChI=1S/C16H17FN2OS/c1-20-14-8-6-13(7-9-14)19-16(21)18-11-10-12-4-2-3-5-15(12)17/h2-9H,10-11H2,1H3,(H2,18,19,21). The Morgan fingerprint density at radius 1 is 1.14 bits per heavy atom. The second-order valence-corrected chi connectivity index (χ2v) is 4.86. The van der Waals surface area contributed by atoms with Crippen molar-refractivity contribution >= 4 is 23.0 Å². The summed E-state index contributed by atoms with van der Waals surface area (Å²) in [6, 6.07) is 14.2. The van der Waals surface area contributed by atoms with E-state index in [0.29, 0.717) is 23.6 Å². The average Bonchev–Trinajstić information content (AvgIpc) is 2.50. The number of hydrogen-bond donors (Lipinski definition) is 2. The number of thiocarbonyl (C=S) groups is 1. The van der Waals surface area contributed by atoms with E-state index < -0.39 is 0 Å². The van der Waals surface area contributed by atoms with E-state index in [9.17, 15) is 4.39 Å². The van der Waals surface area contributed by atoms with E-state index in [-0.39, 0.29) is 5.82 Å². The number of methoxy groups -OCH3 is 1. The molecule has 0 aliphatic heterocycles. The van der Waals surface area contributed by atoms with Gasteiger partial charge < -0.3 is 15.4 Å². The quantitative estimate of drug-likeness (QED) is 0.830. The lowest BCUT2D eigenvalue weighted by atomic mass is 10.1. The third kappa shape index (κ3) is 4.72. The van der Waals surface area contributed by atoms with Gasteiger partial charge in [-0.05, 0) is 54.5 Å². The molecule has 3 nitrogen and oxygen atoms in total. The molecule has 0 aromatic heterocycles. The van der Waals surface area contributed by atoms with Crippen LogP contribution in [0.15, 0.2) is 48.5 Å². The Morgan fingerprint density at radius 2 is 1.86 bits per heavy atom. The number of halogens is 1. The topological polar surface area (TPSA) is 33.3 Å². The van der Waals surface area contributed by atoms with Crippen molar-refractivity contribution in [1.82, 2.24) is 5.32 Å². The third-order valence-electron chi connectivity index (χ3n) is 2.99. The number of rotatable bonds is 5. The molecule has 0 atom stereocenters. The van der Waals surface area contributed by atoms with Gasteiger partial charge in [-0.1, -0.05) is 18.2 Å². The monoisotopic (exact) mass is 304 g/mol. The zero-order valence-corrected chi connectivity index (χ0v) is 12.5. The van der Waals surface area contributed by atoms with Gasteiger partial charge in [-0.3, -0.25) is 0 Å². The van der Waals surface area contributed by atoms with E-state index in [1.54, 1.807) is 19.2 Å². The van der Waals surface area contributed by atoms with Crippen LogP contribution in [0.2, 0.25) is 0 Å². The molecule has 0 bridgehead atoms. The molecule has 2 N–H and O–H groups in total. The minimum atomic E-state index is -0.187. The van der Waals surface area contributed by atoms with Crippen molar-refractivity contribution in [2.75, 3.05) is 19.0 Å². The highest BCUT2D eigenvalue weighted by Crippen LogP contribution is 2.14. The van der Waals surface area contributed by atoms with E-state index in [0.717, 1.165) is 11.4 Å². The Kier molecular flexibility index (Phi) is 5.51. The highest BCUT2D eigenvalue weighted by Gasteiger charge is 2.01. The SMILES string of the molecule is COc1ccc(NC(=S)NCCc2ccccc2F)cc1. The Hall–Kier alpha value is -2.14. The molecule has 0 aliphatic rings. The van der Waals surface area contributed by atoms with Crippen LogP contribution in [-0.2, 0) is 6.42 Å². The summed E-state index contributed by atoms with van der Waals surface area (Å²) < 4.78 is 18.5. The molecule has 0 saturated heterocycles. The summed E-state index contributed by atoms with van der Waals surface area (Å²) >= 11 is 5.20. The predicted molar refractivity (Wildman–Crippen MR) is 87.3 cm³/mol. The minimum absolute atomic E-state index is 0.187. The van der Waals surface area contributed by atoms with Crippen molar-refractivity contribution < 1.29 is 9.13 Å². The molecule has 2 rings (SSSR count). The van der Waals surface area contributed by atoms with Gasteiger partial charge in [-0.25, -0.2) is 4.39 Å². The highest BCUT2D eigenvalue weighted by molar-refractivity contribution is 7.80. The number of benzene rings is 2. The molecule has 0 amide bonds. The van der Waals surface area contributed by atoms with E-state index in [1.807, 2.05) is 30.3 Å². The lowest BCUT2D eigenvalue weighted by molar-refractivity contribution is 0.415. The van der Waals surface area contributed by atoms with E-state index >= 15 is 0 Å². The smallest absolute Gasteiger partial charge is 0.170 e. The molecule has 0 spiro atoms. The Labute approximate surface area is 129 Å². The Morgan fingerprint density at radius 3 is 2.52 bits per heavy atom. The molecular formula is C16H17FN2OS. The lowest BCUT2D eigenvalue weighted by Crippen LogP contribution is -2.30. The molecule has 0 saturated carbocycles. The molecule has 110 valence electrons. The van der Waals surface area contributed by atoms with Crippen LogP contribution in [0.5, 0.6) is 5.75 Å². The number of anilines is 1. The normalized spacial score (nSPS) is 10.0. The number of ether oxygens (including phenoxy) is 1. The van der Waals surface area contributed by atoms with Crippen molar-refractivity contribution in [2.24, 2.45) is 0 Å². The first-order valence-electron chi connectivity index (χ1n) is 6.61. The fourth-order valence-electron chi connectivity index (χ4n) is 1.86. The van der Waals surface area contributed by atoms with Crippen LogP contribution in [-0.4, -0.2) is 18.8 Å². The highest BCUT2D eigenvalue weighted by atomic mass is 32.1. The van der Waals surface area contributed by atoms with Gasteiger partial charge >= 0.3 is 0 Å². The van der Waals surface area contributed by atoms with Gasteiger partial charge in [-0.2, -0.15) is 0 Å². The molecule has 0 radical (unpaired) electrons. The van der Waals surface area contributed by atoms with Crippen molar-refractivity contribution in [3.05, 3.63) is 59.9 Å². The minimum Gasteiger partial charge on any atom is -0.497 e. The van der Waals surface area contributed by atoms with Crippen LogP contribution >= 0.6 is 12.2 Å². The predicted octanol–water partition coefficient (Wildman–Crippen LogP) is 3.36. The third-order valence-corrected chi connectivity index (χ3v) is 3.23. The molecule has 0 heterocycles. The summed E-state index contributed by atoms with van der Waals surface area (Å²) in [6.07, 6.45) is 0.580. The summed E-state index contributed by atoms with van der Waals surface area (Å²) in [7, 11) is 1.62. The zero-order valence-electron chi connectivity index (χ0n) is 11.7. The second kappa shape index (κ2) is 7.59. The summed E-state index contributed by atoms with van der Waals surface area (Å²) in [4.78, 5) is 0. The van der Waals surface area contributed by atoms with Gasteiger partial charge in [-0.15, -0.1) is 0 Å². The molecule has 21 heavy (non-hydrogen) atoms. The first-order valence-corrected chi connectivity index (χ1v) is 7.02. The maximum atomic E-state index is 13.4. The number of hydrogen-bond acceptors (Lipinski definition) is 2. The molecule has 5 heteroatoms. The lowest BCUT2D eigenvalue weighted by Gasteiger charge is -2.11. The van der Waals surface area contributed by atoms with Gasteiger partial charge in [0.05, 0.1) is 7.11 Å². The second-order valence-electron chi connectivity index (χ2n) is 4.45. The van der Waals surface area contributed by atoms with Gasteiger partial charge in [0.1, 0.15) is 11.6 Å². The van der Waals surface area contributed by atoms with Crippen LogP contribution in [0.25, 0.3) is 0 Å². The molecule has 0 fully saturated rings. The van der Waals surface area contributed by atoms with Gasteiger partial charge in [0.2, 0.25) is 0 Å². The van der Waals surface area contributed by atoms with Crippen LogP contribution in [0.4, 0.5) is 10.1 Å². The average molecular weight is 304 g/mol. The van der Waals surface area contributed by atoms with Crippen LogP contribution in [0, 0.1) is 5.82 Å². The van der Waals surface area contributed by atoms with Crippen molar-refractivity contribution in [3.63, 3.8) is 0 Å². The van der Waals surface area contributed by atoms with Crippen LogP contribution in [0.1, 0.15) is 5.56 Å². The molecule has 0 aliphatic carbocycles. The number of nitrogens with one attached hydrogen (secondary N) is 2. The molecule has 0 unspecified atom stereocenters. The first-order chi connectivity index (χ1) is 10.2. The van der Waals surface area contributed by atoms with Crippen LogP contribution in [0.3, 0.4) is 0 Å². The first kappa shape index (κ1) is 15.3. The van der Waals surface area contributed by atoms with Gasteiger partial charge in [0, 0.05) is 12.2 Å². The Bertz CT molecular complexity index is 601. The summed E-state index contributed by atoms with van der Waals surface area (Å²) in [5.74, 6) is 0.604. The van der Waals surface area contributed by atoms with Crippen molar-refractivity contribution in [1.29, 1.82) is 0 Å². The fraction of sp³-hybridized carbons (Fsp3) is 0.188. The Balaban J connectivity index is 1.78. The van der Waals surface area contributed by atoms with Crippen molar-refractivity contribution in [3.8, 4) is 5.75 Å². The van der Waals surface area contributed by atoms with Gasteiger partial charge in [0.15, 0.2) is 5.11 Å². The summed E-state index contributed by atoms with van der Waals surface area (Å²) in [5, 5.41) is 6.63. The molecule has 2 aromatic carbocycles. The van der Waals surface area contributed by atoms with E-state index in [4.69, 9.17) is 17.0 Å². The van der Waals surface area contributed by atoms with E-state index in [1.165, 1.54) is 6.07 Å². The maximum absolute atomic E-state index is 13.4. The fourth-order valence-corrected chi connectivity index (χ4v) is 2.08. The van der Waals surface area contributed by atoms with E-state index in [2.05, 4.69) is 10.6 Å². The summed E-state index contributed by atoms with van der Waals surface area (Å²) in [5.41, 5.74) is 1.55. The van der Waals surface area contributed by atoms with Gasteiger partial charge in [0.25, 0.3) is 0 Å². The summed E-state index contributed by atoms with van der Waals surface area (Å²) in [6.45, 7) is 0.572. The largest absolute Gasteiger partial charge is 0.497 e. The zero-order chi connectivity index (χ0) is 15.1. The molecular weight excluding hydrogens is 287 g/mol.